The zero-order chi connectivity index (χ0) is 13.2. The number of piperidine rings is 1. The highest BCUT2D eigenvalue weighted by molar-refractivity contribution is 6.16. The molecule has 104 valence electrons. The van der Waals surface area contributed by atoms with E-state index in [0.29, 0.717) is 18.0 Å². The molecule has 2 atom stereocenters. The largest absolute Gasteiger partial charge is 0.350 e. The summed E-state index contributed by atoms with van der Waals surface area (Å²) in [6.07, 6.45) is 7.64. The third-order valence-electron chi connectivity index (χ3n) is 4.29. The molecule has 0 bridgehead atoms. The lowest BCUT2D eigenvalue weighted by Gasteiger charge is -2.47. The highest BCUT2D eigenvalue weighted by atomic mass is 35.5. The smallest absolute Gasteiger partial charge is 0.147 e. The normalized spacial score (nSPS) is 28.2. The van der Waals surface area contributed by atoms with E-state index < -0.39 is 0 Å². The second kappa shape index (κ2) is 5.63. The molecule has 5 heteroatoms. The summed E-state index contributed by atoms with van der Waals surface area (Å²) < 4.78 is 0. The number of halogens is 1. The number of nitrogens with zero attached hydrogens (tertiary/aromatic N) is 4. The van der Waals surface area contributed by atoms with Crippen LogP contribution in [-0.4, -0.2) is 46.6 Å². The molecule has 19 heavy (non-hydrogen) atoms. The maximum atomic E-state index is 5.86. The summed E-state index contributed by atoms with van der Waals surface area (Å²) in [4.78, 5) is 13.9. The molecule has 1 aromatic heterocycles. The Kier molecular flexibility index (Phi) is 3.89. The fourth-order valence-corrected chi connectivity index (χ4v) is 3.40. The molecule has 1 aromatic rings. The zero-order valence-corrected chi connectivity index (χ0v) is 12.2. The van der Waals surface area contributed by atoms with E-state index in [1.807, 2.05) is 6.20 Å². The number of rotatable bonds is 2. The first-order valence-corrected chi connectivity index (χ1v) is 7.69. The second-order valence-corrected chi connectivity index (χ2v) is 5.92. The molecule has 2 saturated heterocycles. The van der Waals surface area contributed by atoms with Crippen molar-refractivity contribution in [2.75, 3.05) is 24.5 Å². The van der Waals surface area contributed by atoms with E-state index in [0.717, 1.165) is 24.6 Å². The Morgan fingerprint density at radius 1 is 1.32 bits per heavy atom. The molecular formula is C14H21ClN4. The van der Waals surface area contributed by atoms with Crippen LogP contribution in [0.25, 0.3) is 0 Å². The van der Waals surface area contributed by atoms with Gasteiger partial charge in [-0.1, -0.05) is 6.42 Å². The van der Waals surface area contributed by atoms with Crippen LogP contribution in [0.5, 0.6) is 0 Å². The molecule has 2 aliphatic rings. The van der Waals surface area contributed by atoms with E-state index in [1.165, 1.54) is 25.8 Å². The molecule has 4 nitrogen and oxygen atoms in total. The zero-order valence-electron chi connectivity index (χ0n) is 11.4. The molecule has 3 heterocycles. The first-order valence-electron chi connectivity index (χ1n) is 7.15. The standard InChI is InChI=1S/C14H21ClN4/c1-11-9-18-5-3-2-4-13(18)10-19(11)14-8-16-7-12(6-15)17-14/h7-8,11,13H,2-6,9-10H2,1H3. The lowest BCUT2D eigenvalue weighted by atomic mass is 9.97. The maximum absolute atomic E-state index is 5.86. The summed E-state index contributed by atoms with van der Waals surface area (Å²) in [6, 6.07) is 1.18. The van der Waals surface area contributed by atoms with Crippen molar-refractivity contribution in [2.45, 2.75) is 44.1 Å². The Balaban J connectivity index is 1.79. The third kappa shape index (κ3) is 2.70. The molecule has 0 saturated carbocycles. The van der Waals surface area contributed by atoms with Crippen LogP contribution in [0.2, 0.25) is 0 Å². The Morgan fingerprint density at radius 2 is 2.21 bits per heavy atom. The second-order valence-electron chi connectivity index (χ2n) is 5.65. The number of hydrogen-bond donors (Lipinski definition) is 0. The molecule has 2 fully saturated rings. The molecule has 2 unspecified atom stereocenters. The van der Waals surface area contributed by atoms with Crippen molar-refractivity contribution in [2.24, 2.45) is 0 Å². The van der Waals surface area contributed by atoms with E-state index in [2.05, 4.69) is 26.7 Å². The predicted octanol–water partition coefficient (Wildman–Crippen LogP) is 2.28. The average molecular weight is 281 g/mol. The molecule has 0 aromatic carbocycles. The third-order valence-corrected chi connectivity index (χ3v) is 4.56. The summed E-state index contributed by atoms with van der Waals surface area (Å²) in [5, 5.41) is 0. The SMILES string of the molecule is CC1CN2CCCCC2CN1c1cncc(CCl)n1. The Hall–Kier alpha value is -0.870. The Labute approximate surface area is 119 Å². The van der Waals surface area contributed by atoms with Crippen molar-refractivity contribution < 1.29 is 0 Å². The summed E-state index contributed by atoms with van der Waals surface area (Å²) in [5.41, 5.74) is 0.859. The van der Waals surface area contributed by atoms with Gasteiger partial charge in [0.1, 0.15) is 5.82 Å². The quantitative estimate of drug-likeness (QED) is 0.778. The highest BCUT2D eigenvalue weighted by Gasteiger charge is 2.33. The first kappa shape index (κ1) is 13.1. The van der Waals surface area contributed by atoms with Crippen molar-refractivity contribution in [3.05, 3.63) is 18.1 Å². The van der Waals surface area contributed by atoms with Gasteiger partial charge in [-0.3, -0.25) is 9.88 Å². The van der Waals surface area contributed by atoms with Gasteiger partial charge in [0.2, 0.25) is 0 Å². The van der Waals surface area contributed by atoms with Crippen LogP contribution in [0.1, 0.15) is 31.9 Å². The van der Waals surface area contributed by atoms with Crippen molar-refractivity contribution in [1.29, 1.82) is 0 Å². The number of aromatic nitrogens is 2. The van der Waals surface area contributed by atoms with Crippen molar-refractivity contribution >= 4 is 17.4 Å². The lowest BCUT2D eigenvalue weighted by Crippen LogP contribution is -2.59. The molecule has 0 aliphatic carbocycles. The molecule has 2 aliphatic heterocycles. The topological polar surface area (TPSA) is 32.3 Å². The van der Waals surface area contributed by atoms with Gasteiger partial charge in [-0.15, -0.1) is 11.6 Å². The van der Waals surface area contributed by atoms with Crippen molar-refractivity contribution in [3.8, 4) is 0 Å². The van der Waals surface area contributed by atoms with Crippen LogP contribution >= 0.6 is 11.6 Å². The van der Waals surface area contributed by atoms with E-state index in [-0.39, 0.29) is 0 Å². The number of hydrogen-bond acceptors (Lipinski definition) is 4. The van der Waals surface area contributed by atoms with E-state index in [9.17, 15) is 0 Å². The summed E-state index contributed by atoms with van der Waals surface area (Å²) in [6.45, 7) is 5.75. The average Bonchev–Trinajstić information content (AvgIpc) is 2.46. The molecule has 0 radical (unpaired) electrons. The number of anilines is 1. The van der Waals surface area contributed by atoms with E-state index in [4.69, 9.17) is 11.6 Å². The molecule has 0 amide bonds. The van der Waals surface area contributed by atoms with Crippen LogP contribution in [-0.2, 0) is 5.88 Å². The fraction of sp³-hybridized carbons (Fsp3) is 0.714. The van der Waals surface area contributed by atoms with Gasteiger partial charge in [0.25, 0.3) is 0 Å². The van der Waals surface area contributed by atoms with Crippen molar-refractivity contribution in [3.63, 3.8) is 0 Å². The van der Waals surface area contributed by atoms with E-state index in [1.54, 1.807) is 6.20 Å². The molecular weight excluding hydrogens is 260 g/mol. The molecule has 0 spiro atoms. The predicted molar refractivity (Wildman–Crippen MR) is 77.6 cm³/mol. The summed E-state index contributed by atoms with van der Waals surface area (Å²) in [5.74, 6) is 1.41. The van der Waals surface area contributed by atoms with Gasteiger partial charge in [-0.2, -0.15) is 0 Å². The van der Waals surface area contributed by atoms with Gasteiger partial charge >= 0.3 is 0 Å². The van der Waals surface area contributed by atoms with Crippen LogP contribution in [0.15, 0.2) is 12.4 Å². The first-order chi connectivity index (χ1) is 9.28. The summed E-state index contributed by atoms with van der Waals surface area (Å²) in [7, 11) is 0. The summed E-state index contributed by atoms with van der Waals surface area (Å²) >= 11 is 5.86. The minimum absolute atomic E-state index is 0.429. The minimum Gasteiger partial charge on any atom is -0.350 e. The highest BCUT2D eigenvalue weighted by Crippen LogP contribution is 2.26. The number of fused-ring (bicyclic) bond motifs is 1. The van der Waals surface area contributed by atoms with Crippen LogP contribution in [0.4, 0.5) is 5.82 Å². The molecule has 3 rings (SSSR count). The Bertz CT molecular complexity index is 439. The minimum atomic E-state index is 0.429. The van der Waals surface area contributed by atoms with E-state index >= 15 is 0 Å². The fourth-order valence-electron chi connectivity index (χ4n) is 3.27. The van der Waals surface area contributed by atoms with Gasteiger partial charge < -0.3 is 4.90 Å². The van der Waals surface area contributed by atoms with Gasteiger partial charge in [0.15, 0.2) is 0 Å². The monoisotopic (exact) mass is 280 g/mol. The van der Waals surface area contributed by atoms with Gasteiger partial charge in [-0.25, -0.2) is 4.98 Å². The van der Waals surface area contributed by atoms with Crippen LogP contribution in [0.3, 0.4) is 0 Å². The van der Waals surface area contributed by atoms with Crippen molar-refractivity contribution in [1.82, 2.24) is 14.9 Å². The van der Waals surface area contributed by atoms with Crippen LogP contribution < -0.4 is 4.90 Å². The maximum Gasteiger partial charge on any atom is 0.147 e. The lowest BCUT2D eigenvalue weighted by molar-refractivity contribution is 0.115. The number of alkyl halides is 1. The van der Waals surface area contributed by atoms with Crippen LogP contribution in [0, 0.1) is 0 Å². The van der Waals surface area contributed by atoms with Gasteiger partial charge in [-0.05, 0) is 26.3 Å². The molecule has 0 N–H and O–H groups in total. The number of piperazine rings is 1. The van der Waals surface area contributed by atoms with Gasteiger partial charge in [0, 0.05) is 31.4 Å². The Morgan fingerprint density at radius 3 is 3.05 bits per heavy atom. The van der Waals surface area contributed by atoms with Gasteiger partial charge in [0.05, 0.1) is 17.8 Å².